The van der Waals surface area contributed by atoms with Gasteiger partial charge in [-0.05, 0) is 19.9 Å². The van der Waals surface area contributed by atoms with E-state index in [1.807, 2.05) is 0 Å². The molecular weight excluding hydrogens is 379 g/mol. The van der Waals surface area contributed by atoms with Crippen LogP contribution in [0.15, 0.2) is 0 Å². The minimum atomic E-state index is -4.46. The second-order valence-corrected chi connectivity index (χ2v) is 9.33. The molecule has 0 aromatic rings. The zero-order chi connectivity index (χ0) is 18.8. The molecule has 0 radical (unpaired) electrons. The summed E-state index contributed by atoms with van der Waals surface area (Å²) >= 11 is 0. The molecule has 0 aliphatic rings. The second-order valence-electron chi connectivity index (χ2n) is 7.47. The molecule has 1 N–H and O–H groups in total. The van der Waals surface area contributed by atoms with E-state index in [0.29, 0.717) is 6.54 Å². The average Bonchev–Trinajstić information content (AvgIpc) is 2.56. The standard InChI is InChI=1S/C20H44NO3P.2Na/c1-3-4-5-6-7-8-9-10-11-12-13-14-15-16-17-18-19-21-20(2)25(22,23)24;;/h20-21H,3-19H2,1-2H3,(H2,22,23,24);;/q;2*+1/p-2. The first-order chi connectivity index (χ1) is 12.0. The predicted octanol–water partition coefficient (Wildman–Crippen LogP) is -1.96. The topological polar surface area (TPSA) is 81.2 Å². The van der Waals surface area contributed by atoms with Gasteiger partial charge in [0.1, 0.15) is 0 Å². The van der Waals surface area contributed by atoms with Gasteiger partial charge in [0.2, 0.25) is 0 Å². The molecule has 0 rings (SSSR count). The Hall–Kier alpha value is 2.27. The molecule has 1 atom stereocenters. The quantitative estimate of drug-likeness (QED) is 0.149. The van der Waals surface area contributed by atoms with Gasteiger partial charge < -0.3 is 14.7 Å². The van der Waals surface area contributed by atoms with Gasteiger partial charge in [0.05, 0.1) is 5.78 Å². The third-order valence-electron chi connectivity index (χ3n) is 4.94. The van der Waals surface area contributed by atoms with Gasteiger partial charge in [-0.15, -0.1) is 7.94 Å². The van der Waals surface area contributed by atoms with E-state index < -0.39 is 13.7 Å². The van der Waals surface area contributed by atoms with Gasteiger partial charge in [0.25, 0.3) is 0 Å². The normalized spacial score (nSPS) is 12.3. The summed E-state index contributed by atoms with van der Waals surface area (Å²) in [5.41, 5.74) is 0. The summed E-state index contributed by atoms with van der Waals surface area (Å²) in [5.74, 6) is -0.941. The molecule has 152 valence electrons. The van der Waals surface area contributed by atoms with Crippen molar-refractivity contribution in [2.24, 2.45) is 0 Å². The van der Waals surface area contributed by atoms with Gasteiger partial charge >= 0.3 is 59.1 Å². The van der Waals surface area contributed by atoms with Gasteiger partial charge in [-0.2, -0.15) is 0 Å². The van der Waals surface area contributed by atoms with Crippen LogP contribution in [-0.2, 0) is 0 Å². The van der Waals surface area contributed by atoms with Crippen LogP contribution in [0, 0.1) is 0 Å². The third kappa shape index (κ3) is 26.2. The van der Waals surface area contributed by atoms with E-state index in [0.717, 1.165) is 12.8 Å². The first kappa shape index (κ1) is 33.9. The fourth-order valence-corrected chi connectivity index (χ4v) is 3.45. The van der Waals surface area contributed by atoms with Crippen LogP contribution in [0.2, 0.25) is 0 Å². The van der Waals surface area contributed by atoms with Crippen molar-refractivity contribution in [2.75, 3.05) is 6.54 Å². The number of unbranched alkanes of at least 4 members (excludes halogenated alkanes) is 15. The largest absolute Gasteiger partial charge is 1.00 e. The Bertz CT molecular complexity index is 282. The average molecular weight is 422 g/mol. The van der Waals surface area contributed by atoms with Crippen molar-refractivity contribution in [3.63, 3.8) is 0 Å². The van der Waals surface area contributed by atoms with Crippen molar-refractivity contribution in [2.45, 2.75) is 122 Å². The Morgan fingerprint density at radius 2 is 0.889 bits per heavy atom. The van der Waals surface area contributed by atoms with Crippen LogP contribution in [0.5, 0.6) is 0 Å². The first-order valence-electron chi connectivity index (χ1n) is 10.7. The van der Waals surface area contributed by atoms with Gasteiger partial charge in [-0.1, -0.05) is 103 Å². The van der Waals surface area contributed by atoms with E-state index in [4.69, 9.17) is 0 Å². The van der Waals surface area contributed by atoms with Crippen LogP contribution in [0.1, 0.15) is 117 Å². The van der Waals surface area contributed by atoms with E-state index in [1.54, 1.807) is 0 Å². The van der Waals surface area contributed by atoms with E-state index in [9.17, 15) is 14.7 Å². The molecule has 0 heterocycles. The molecule has 0 saturated heterocycles. The number of hydrogen-bond donors (Lipinski definition) is 1. The third-order valence-corrected chi connectivity index (χ3v) is 6.08. The summed E-state index contributed by atoms with van der Waals surface area (Å²) in [6, 6.07) is 0. The van der Waals surface area contributed by atoms with E-state index in [1.165, 1.54) is 96.8 Å². The van der Waals surface area contributed by atoms with Crippen LogP contribution >= 0.6 is 7.94 Å². The maximum atomic E-state index is 10.7. The predicted molar refractivity (Wildman–Crippen MR) is 104 cm³/mol. The van der Waals surface area contributed by atoms with Gasteiger partial charge in [-0.25, -0.2) is 0 Å². The molecule has 1 unspecified atom stereocenters. The zero-order valence-corrected chi connectivity index (χ0v) is 23.7. The number of hydrogen-bond acceptors (Lipinski definition) is 4. The minimum Gasteiger partial charge on any atom is -0.686 e. The molecule has 0 amide bonds. The van der Waals surface area contributed by atoms with E-state index in [-0.39, 0.29) is 59.1 Å². The molecule has 4 nitrogen and oxygen atoms in total. The molecule has 0 bridgehead atoms. The fraction of sp³-hybridized carbons (Fsp3) is 1.00. The fourth-order valence-electron chi connectivity index (χ4n) is 3.10. The van der Waals surface area contributed by atoms with Crippen LogP contribution in [-0.4, -0.2) is 12.3 Å². The maximum absolute atomic E-state index is 10.7. The van der Waals surface area contributed by atoms with Crippen LogP contribution in [0.4, 0.5) is 0 Å². The Morgan fingerprint density at radius 1 is 0.593 bits per heavy atom. The van der Waals surface area contributed by atoms with Crippen molar-refractivity contribution < 1.29 is 73.8 Å². The molecular formula is C20H42NNa2O3P. The molecule has 0 aliphatic heterocycles. The summed E-state index contributed by atoms with van der Waals surface area (Å²) in [7, 11) is -4.46. The van der Waals surface area contributed by atoms with Crippen molar-refractivity contribution in [3.8, 4) is 0 Å². The molecule has 0 aromatic carbocycles. The second kappa shape index (κ2) is 24.5. The van der Waals surface area contributed by atoms with Crippen molar-refractivity contribution in [1.29, 1.82) is 0 Å². The molecule has 0 aliphatic carbocycles. The van der Waals surface area contributed by atoms with Crippen molar-refractivity contribution in [3.05, 3.63) is 0 Å². The van der Waals surface area contributed by atoms with E-state index in [2.05, 4.69) is 12.2 Å². The van der Waals surface area contributed by atoms with Gasteiger partial charge in [0, 0.05) is 0 Å². The van der Waals surface area contributed by atoms with Crippen LogP contribution in [0.25, 0.3) is 0 Å². The summed E-state index contributed by atoms with van der Waals surface area (Å²) in [6.07, 6.45) is 21.2. The zero-order valence-electron chi connectivity index (χ0n) is 18.8. The van der Waals surface area contributed by atoms with Crippen LogP contribution < -0.4 is 79.1 Å². The van der Waals surface area contributed by atoms with Crippen molar-refractivity contribution >= 4 is 7.94 Å². The first-order valence-corrected chi connectivity index (χ1v) is 12.3. The van der Waals surface area contributed by atoms with Gasteiger partial charge in [-0.3, -0.25) is 5.32 Å². The Morgan fingerprint density at radius 3 is 1.19 bits per heavy atom. The minimum absolute atomic E-state index is 0. The Balaban J connectivity index is -0.00000288. The van der Waals surface area contributed by atoms with E-state index >= 15 is 0 Å². The smallest absolute Gasteiger partial charge is 0.686 e. The summed E-state index contributed by atoms with van der Waals surface area (Å²) in [5, 5.41) is 2.78. The maximum Gasteiger partial charge on any atom is 1.00 e. The molecule has 27 heavy (non-hydrogen) atoms. The van der Waals surface area contributed by atoms with Gasteiger partial charge in [0.15, 0.2) is 0 Å². The summed E-state index contributed by atoms with van der Waals surface area (Å²) < 4.78 is 0. The molecule has 0 fully saturated rings. The molecule has 0 aromatic heterocycles. The Labute approximate surface area is 214 Å². The number of rotatable bonds is 19. The Kier molecular flexibility index (Phi) is 30.8. The molecule has 7 heteroatoms. The summed E-state index contributed by atoms with van der Waals surface area (Å²) in [4.78, 5) is 32.2. The monoisotopic (exact) mass is 421 g/mol. The van der Waals surface area contributed by atoms with Crippen LogP contribution in [0.3, 0.4) is 0 Å². The summed E-state index contributed by atoms with van der Waals surface area (Å²) in [6.45, 7) is 4.31. The molecule has 0 saturated carbocycles. The SMILES string of the molecule is CCCCCCCCCCCCCCCCCCNC(C)[P+]([O-])([O-])[O-].[Na+].[Na+]. The number of nitrogens with one attached hydrogen (secondary N) is 1. The van der Waals surface area contributed by atoms with Crippen molar-refractivity contribution in [1.82, 2.24) is 5.32 Å². The molecule has 0 spiro atoms.